The van der Waals surface area contributed by atoms with Crippen molar-refractivity contribution in [3.63, 3.8) is 0 Å². The highest BCUT2D eigenvalue weighted by Gasteiger charge is 2.21. The van der Waals surface area contributed by atoms with E-state index in [1.165, 1.54) is 0 Å². The fourth-order valence-electron chi connectivity index (χ4n) is 1.73. The molecule has 0 aromatic rings. The summed E-state index contributed by atoms with van der Waals surface area (Å²) < 4.78 is 0. The number of nitrogens with zero attached hydrogens (tertiary/aromatic N) is 1. The summed E-state index contributed by atoms with van der Waals surface area (Å²) in [6, 6.07) is -0.218. The summed E-state index contributed by atoms with van der Waals surface area (Å²) in [5.74, 6) is 2.33. The number of rotatable bonds is 7. The smallest absolute Gasteiger partial charge is 0.237 e. The zero-order valence-corrected chi connectivity index (χ0v) is 11.6. The van der Waals surface area contributed by atoms with E-state index in [-0.39, 0.29) is 23.9 Å². The highest BCUT2D eigenvalue weighted by atomic mass is 16.2. The summed E-state index contributed by atoms with van der Waals surface area (Å²) in [7, 11) is 4.09. The number of carbonyl (C=O) groups is 1. The second-order valence-corrected chi connectivity index (χ2v) is 5.43. The zero-order valence-electron chi connectivity index (χ0n) is 11.6. The van der Waals surface area contributed by atoms with Crippen LogP contribution in [0.2, 0.25) is 0 Å². The van der Waals surface area contributed by atoms with E-state index in [0.717, 1.165) is 13.1 Å². The first kappa shape index (κ1) is 16.0. The minimum Gasteiger partial charge on any atom is -0.344 e. The zero-order chi connectivity index (χ0) is 13.5. The predicted octanol–water partition coefficient (Wildman–Crippen LogP) is 0.302. The van der Waals surface area contributed by atoms with Crippen LogP contribution in [0.25, 0.3) is 0 Å². The van der Waals surface area contributed by atoms with Crippen LogP contribution in [0.5, 0.6) is 0 Å². The average Bonchev–Trinajstić information content (AvgIpc) is 2.20. The highest BCUT2D eigenvalue weighted by molar-refractivity contribution is 5.81. The SMILES string of the molecule is C#CCNC(=O)C(C)NCC(C)(C)CN(C)C. The molecular weight excluding hydrogens is 214 g/mol. The van der Waals surface area contributed by atoms with Gasteiger partial charge < -0.3 is 15.5 Å². The van der Waals surface area contributed by atoms with Gasteiger partial charge in [0.15, 0.2) is 0 Å². The molecule has 0 saturated carbocycles. The van der Waals surface area contributed by atoms with Gasteiger partial charge in [-0.1, -0.05) is 19.8 Å². The van der Waals surface area contributed by atoms with Gasteiger partial charge in [0.05, 0.1) is 12.6 Å². The molecule has 0 aliphatic heterocycles. The van der Waals surface area contributed by atoms with Crippen LogP contribution in [0, 0.1) is 17.8 Å². The fourth-order valence-corrected chi connectivity index (χ4v) is 1.73. The monoisotopic (exact) mass is 239 g/mol. The lowest BCUT2D eigenvalue weighted by atomic mass is 9.92. The lowest BCUT2D eigenvalue weighted by molar-refractivity contribution is -0.122. The van der Waals surface area contributed by atoms with Gasteiger partial charge in [0, 0.05) is 13.1 Å². The Morgan fingerprint density at radius 1 is 1.47 bits per heavy atom. The first-order valence-electron chi connectivity index (χ1n) is 5.88. The first-order chi connectivity index (χ1) is 7.78. The molecule has 0 fully saturated rings. The average molecular weight is 239 g/mol. The van der Waals surface area contributed by atoms with Gasteiger partial charge in [0.1, 0.15) is 0 Å². The van der Waals surface area contributed by atoms with Crippen molar-refractivity contribution in [2.24, 2.45) is 5.41 Å². The minimum atomic E-state index is -0.218. The molecule has 0 aromatic heterocycles. The summed E-state index contributed by atoms with van der Waals surface area (Å²) in [6.07, 6.45) is 5.08. The number of hydrogen-bond donors (Lipinski definition) is 2. The minimum absolute atomic E-state index is 0.0522. The van der Waals surface area contributed by atoms with E-state index in [1.54, 1.807) is 0 Å². The highest BCUT2D eigenvalue weighted by Crippen LogP contribution is 2.14. The van der Waals surface area contributed by atoms with E-state index in [2.05, 4.69) is 35.3 Å². The topological polar surface area (TPSA) is 44.4 Å². The molecule has 98 valence electrons. The maximum Gasteiger partial charge on any atom is 0.237 e. The quantitative estimate of drug-likeness (QED) is 0.628. The van der Waals surface area contributed by atoms with Gasteiger partial charge in [0.25, 0.3) is 0 Å². The van der Waals surface area contributed by atoms with E-state index >= 15 is 0 Å². The van der Waals surface area contributed by atoms with Crippen LogP contribution in [-0.4, -0.2) is 50.6 Å². The Labute approximate surface area is 105 Å². The van der Waals surface area contributed by atoms with E-state index in [1.807, 2.05) is 21.0 Å². The third-order valence-corrected chi connectivity index (χ3v) is 2.39. The molecule has 0 aromatic carbocycles. The molecule has 0 aliphatic rings. The van der Waals surface area contributed by atoms with Crippen LogP contribution >= 0.6 is 0 Å². The summed E-state index contributed by atoms with van der Waals surface area (Å²) in [5, 5.41) is 5.89. The van der Waals surface area contributed by atoms with Crippen LogP contribution in [0.15, 0.2) is 0 Å². The lowest BCUT2D eigenvalue weighted by Gasteiger charge is -2.29. The molecule has 0 aliphatic carbocycles. The molecule has 0 bridgehead atoms. The van der Waals surface area contributed by atoms with Crippen molar-refractivity contribution in [3.8, 4) is 12.3 Å². The summed E-state index contributed by atoms with van der Waals surface area (Å²) in [5.41, 5.74) is 0.129. The second-order valence-electron chi connectivity index (χ2n) is 5.43. The molecule has 1 amide bonds. The van der Waals surface area contributed by atoms with Gasteiger partial charge in [0.2, 0.25) is 5.91 Å². The van der Waals surface area contributed by atoms with Crippen molar-refractivity contribution in [1.29, 1.82) is 0 Å². The normalized spacial score (nSPS) is 13.2. The molecule has 4 nitrogen and oxygen atoms in total. The molecule has 0 spiro atoms. The van der Waals surface area contributed by atoms with Crippen LogP contribution in [0.3, 0.4) is 0 Å². The number of terminal acetylenes is 1. The van der Waals surface area contributed by atoms with Crippen LogP contribution in [0.1, 0.15) is 20.8 Å². The molecule has 17 heavy (non-hydrogen) atoms. The van der Waals surface area contributed by atoms with E-state index < -0.39 is 0 Å². The van der Waals surface area contributed by atoms with Gasteiger partial charge in [-0.25, -0.2) is 0 Å². The molecule has 4 heteroatoms. The Morgan fingerprint density at radius 2 is 2.06 bits per heavy atom. The number of nitrogens with one attached hydrogen (secondary N) is 2. The van der Waals surface area contributed by atoms with Crippen molar-refractivity contribution in [3.05, 3.63) is 0 Å². The molecular formula is C13H25N3O. The van der Waals surface area contributed by atoms with Gasteiger partial charge in [-0.05, 0) is 26.4 Å². The standard InChI is InChI=1S/C13H25N3O/c1-7-8-14-12(17)11(2)15-9-13(3,4)10-16(5)6/h1,11,15H,8-10H2,2-6H3,(H,14,17). The van der Waals surface area contributed by atoms with E-state index in [9.17, 15) is 4.79 Å². The Morgan fingerprint density at radius 3 is 2.53 bits per heavy atom. The maximum atomic E-state index is 11.6. The lowest BCUT2D eigenvalue weighted by Crippen LogP contribution is -2.47. The van der Waals surface area contributed by atoms with Gasteiger partial charge in [-0.2, -0.15) is 0 Å². The Hall–Kier alpha value is -1.05. The van der Waals surface area contributed by atoms with Crippen molar-refractivity contribution in [2.45, 2.75) is 26.8 Å². The Balaban J connectivity index is 4.02. The van der Waals surface area contributed by atoms with E-state index in [0.29, 0.717) is 0 Å². The van der Waals surface area contributed by atoms with Crippen molar-refractivity contribution >= 4 is 5.91 Å². The third kappa shape index (κ3) is 7.78. The van der Waals surface area contributed by atoms with E-state index in [4.69, 9.17) is 6.42 Å². The van der Waals surface area contributed by atoms with Crippen molar-refractivity contribution in [1.82, 2.24) is 15.5 Å². The molecule has 1 atom stereocenters. The Kier molecular flexibility index (Phi) is 6.86. The second kappa shape index (κ2) is 7.31. The van der Waals surface area contributed by atoms with Crippen molar-refractivity contribution in [2.75, 3.05) is 33.7 Å². The van der Waals surface area contributed by atoms with Gasteiger partial charge in [-0.3, -0.25) is 4.79 Å². The molecule has 1 unspecified atom stereocenters. The summed E-state index contributed by atoms with van der Waals surface area (Å²) in [6.45, 7) is 8.23. The molecule has 0 radical (unpaired) electrons. The summed E-state index contributed by atoms with van der Waals surface area (Å²) in [4.78, 5) is 13.7. The van der Waals surface area contributed by atoms with Crippen LogP contribution in [0.4, 0.5) is 0 Å². The first-order valence-corrected chi connectivity index (χ1v) is 5.88. The molecule has 0 heterocycles. The van der Waals surface area contributed by atoms with Crippen LogP contribution in [-0.2, 0) is 4.79 Å². The van der Waals surface area contributed by atoms with Gasteiger partial charge in [-0.15, -0.1) is 6.42 Å². The van der Waals surface area contributed by atoms with Crippen molar-refractivity contribution < 1.29 is 4.79 Å². The largest absolute Gasteiger partial charge is 0.344 e. The molecule has 2 N–H and O–H groups in total. The van der Waals surface area contributed by atoms with Gasteiger partial charge >= 0.3 is 0 Å². The third-order valence-electron chi connectivity index (χ3n) is 2.39. The number of hydrogen-bond acceptors (Lipinski definition) is 3. The molecule has 0 rings (SSSR count). The number of amides is 1. The number of carbonyl (C=O) groups excluding carboxylic acids is 1. The molecule has 0 saturated heterocycles. The fraction of sp³-hybridized carbons (Fsp3) is 0.769. The Bertz CT molecular complexity index is 279. The summed E-state index contributed by atoms with van der Waals surface area (Å²) >= 11 is 0. The predicted molar refractivity (Wildman–Crippen MR) is 71.6 cm³/mol. The maximum absolute atomic E-state index is 11.6. The van der Waals surface area contributed by atoms with Crippen LogP contribution < -0.4 is 10.6 Å².